The van der Waals surface area contributed by atoms with Gasteiger partial charge in [0.15, 0.2) is 0 Å². The number of aryl methyl sites for hydroxylation is 1. The molecule has 106 valence electrons. The molecule has 4 nitrogen and oxygen atoms in total. The van der Waals surface area contributed by atoms with Crippen LogP contribution < -0.4 is 0 Å². The third-order valence-corrected chi connectivity index (χ3v) is 4.66. The molecule has 19 heavy (non-hydrogen) atoms. The highest BCUT2D eigenvalue weighted by Gasteiger charge is 2.25. The van der Waals surface area contributed by atoms with Gasteiger partial charge in [-0.25, -0.2) is 4.98 Å². The molecule has 1 N–H and O–H groups in total. The second-order valence-corrected chi connectivity index (χ2v) is 6.01. The summed E-state index contributed by atoms with van der Waals surface area (Å²) in [5.41, 5.74) is 1.22. The number of aliphatic hydroxyl groups excluding tert-OH is 1. The third kappa shape index (κ3) is 2.70. The van der Waals surface area contributed by atoms with E-state index in [1.54, 1.807) is 0 Å². The molecule has 0 amide bonds. The molecule has 1 aromatic rings. The zero-order chi connectivity index (χ0) is 13.2. The van der Waals surface area contributed by atoms with Crippen molar-refractivity contribution in [1.82, 2.24) is 14.5 Å². The van der Waals surface area contributed by atoms with E-state index in [4.69, 9.17) is 0 Å². The Hall–Kier alpha value is -0.870. The van der Waals surface area contributed by atoms with E-state index in [0.717, 1.165) is 38.1 Å². The molecule has 0 aromatic carbocycles. The summed E-state index contributed by atoms with van der Waals surface area (Å²) in [4.78, 5) is 7.11. The molecule has 2 unspecified atom stereocenters. The van der Waals surface area contributed by atoms with Gasteiger partial charge in [-0.1, -0.05) is 6.92 Å². The first-order valence-electron chi connectivity index (χ1n) is 7.73. The lowest BCUT2D eigenvalue weighted by atomic mass is 9.94. The van der Waals surface area contributed by atoms with Crippen LogP contribution in [0, 0.1) is 5.92 Å². The summed E-state index contributed by atoms with van der Waals surface area (Å²) in [7, 11) is 0. The Kier molecular flexibility index (Phi) is 3.89. The van der Waals surface area contributed by atoms with Gasteiger partial charge in [0.2, 0.25) is 0 Å². The minimum atomic E-state index is -0.341. The SMILES string of the molecule is CCN1CCCC(Cc2ncc3n2C(O)CCC3)C1. The second-order valence-electron chi connectivity index (χ2n) is 6.01. The highest BCUT2D eigenvalue weighted by molar-refractivity contribution is 5.10. The Labute approximate surface area is 115 Å². The average molecular weight is 263 g/mol. The maximum atomic E-state index is 10.2. The number of hydrogen-bond acceptors (Lipinski definition) is 3. The zero-order valence-corrected chi connectivity index (χ0v) is 11.9. The standard InChI is InChI=1S/C15H25N3O/c1-2-17-8-4-5-12(11-17)9-14-16-10-13-6-3-7-15(19)18(13)14/h10,12,15,19H,2-9,11H2,1H3. The lowest BCUT2D eigenvalue weighted by molar-refractivity contribution is 0.0740. The Morgan fingerprint density at radius 2 is 2.26 bits per heavy atom. The van der Waals surface area contributed by atoms with Crippen LogP contribution in [0.15, 0.2) is 6.20 Å². The minimum absolute atomic E-state index is 0.341. The fourth-order valence-electron chi connectivity index (χ4n) is 3.60. The van der Waals surface area contributed by atoms with Crippen LogP contribution in [0.25, 0.3) is 0 Å². The van der Waals surface area contributed by atoms with Gasteiger partial charge in [-0.15, -0.1) is 0 Å². The summed E-state index contributed by atoms with van der Waals surface area (Å²) in [6.07, 6.45) is 8.28. The monoisotopic (exact) mass is 263 g/mol. The molecule has 4 heteroatoms. The summed E-state index contributed by atoms with van der Waals surface area (Å²) >= 11 is 0. The molecule has 2 aliphatic rings. The van der Waals surface area contributed by atoms with E-state index in [9.17, 15) is 5.11 Å². The highest BCUT2D eigenvalue weighted by atomic mass is 16.3. The number of aliphatic hydroxyl groups is 1. The number of nitrogens with zero attached hydrogens (tertiary/aromatic N) is 3. The average Bonchev–Trinajstić information content (AvgIpc) is 2.84. The molecule has 0 radical (unpaired) electrons. The van der Waals surface area contributed by atoms with Crippen molar-refractivity contribution >= 4 is 0 Å². The number of fused-ring (bicyclic) bond motifs is 1. The van der Waals surface area contributed by atoms with Crippen molar-refractivity contribution < 1.29 is 5.11 Å². The lowest BCUT2D eigenvalue weighted by Crippen LogP contribution is -2.36. The van der Waals surface area contributed by atoms with Gasteiger partial charge < -0.3 is 14.6 Å². The van der Waals surface area contributed by atoms with Gasteiger partial charge in [0.1, 0.15) is 12.1 Å². The molecule has 2 aliphatic heterocycles. The van der Waals surface area contributed by atoms with Gasteiger partial charge in [0.25, 0.3) is 0 Å². The molecule has 0 bridgehead atoms. The Balaban J connectivity index is 1.71. The van der Waals surface area contributed by atoms with E-state index in [2.05, 4.69) is 21.4 Å². The second kappa shape index (κ2) is 5.63. The summed E-state index contributed by atoms with van der Waals surface area (Å²) in [5, 5.41) is 10.2. The van der Waals surface area contributed by atoms with Gasteiger partial charge in [0.05, 0.1) is 0 Å². The quantitative estimate of drug-likeness (QED) is 0.906. The normalized spacial score (nSPS) is 28.3. The van der Waals surface area contributed by atoms with Crippen molar-refractivity contribution in [2.24, 2.45) is 5.92 Å². The number of hydrogen-bond donors (Lipinski definition) is 1. The summed E-state index contributed by atoms with van der Waals surface area (Å²) in [5.74, 6) is 1.81. The van der Waals surface area contributed by atoms with Crippen molar-refractivity contribution in [1.29, 1.82) is 0 Å². The molecule has 2 atom stereocenters. The Morgan fingerprint density at radius 3 is 3.11 bits per heavy atom. The van der Waals surface area contributed by atoms with Crippen LogP contribution in [-0.2, 0) is 12.8 Å². The van der Waals surface area contributed by atoms with Gasteiger partial charge in [0, 0.05) is 24.9 Å². The predicted molar refractivity (Wildman–Crippen MR) is 75.0 cm³/mol. The van der Waals surface area contributed by atoms with Crippen LogP contribution in [0.1, 0.15) is 50.4 Å². The van der Waals surface area contributed by atoms with Gasteiger partial charge in [-0.2, -0.15) is 0 Å². The van der Waals surface area contributed by atoms with Crippen LogP contribution in [0.2, 0.25) is 0 Å². The Bertz CT molecular complexity index is 429. The van der Waals surface area contributed by atoms with Crippen LogP contribution in [0.5, 0.6) is 0 Å². The topological polar surface area (TPSA) is 41.3 Å². The molecule has 3 rings (SSSR count). The summed E-state index contributed by atoms with van der Waals surface area (Å²) in [6.45, 7) is 5.83. The maximum Gasteiger partial charge on any atom is 0.132 e. The van der Waals surface area contributed by atoms with E-state index < -0.39 is 0 Å². The first-order chi connectivity index (χ1) is 9.28. The van der Waals surface area contributed by atoms with Crippen molar-refractivity contribution in [3.05, 3.63) is 17.7 Å². The fourth-order valence-corrected chi connectivity index (χ4v) is 3.60. The van der Waals surface area contributed by atoms with Crippen molar-refractivity contribution in [2.45, 2.75) is 51.7 Å². The van der Waals surface area contributed by atoms with Crippen LogP contribution in [0.4, 0.5) is 0 Å². The maximum absolute atomic E-state index is 10.2. The minimum Gasteiger partial charge on any atom is -0.373 e. The van der Waals surface area contributed by atoms with Gasteiger partial charge >= 0.3 is 0 Å². The smallest absolute Gasteiger partial charge is 0.132 e. The van der Waals surface area contributed by atoms with Gasteiger partial charge in [-0.3, -0.25) is 0 Å². The molecule has 0 saturated carbocycles. The molecular weight excluding hydrogens is 238 g/mol. The number of rotatable bonds is 3. The first kappa shape index (κ1) is 13.1. The molecule has 1 fully saturated rings. The van der Waals surface area contributed by atoms with E-state index >= 15 is 0 Å². The third-order valence-electron chi connectivity index (χ3n) is 4.66. The predicted octanol–water partition coefficient (Wildman–Crippen LogP) is 1.98. The first-order valence-corrected chi connectivity index (χ1v) is 7.73. The largest absolute Gasteiger partial charge is 0.373 e. The van der Waals surface area contributed by atoms with Crippen LogP contribution in [-0.4, -0.2) is 39.2 Å². The van der Waals surface area contributed by atoms with Crippen molar-refractivity contribution in [3.63, 3.8) is 0 Å². The van der Waals surface area contributed by atoms with E-state index in [1.807, 2.05) is 6.20 Å². The molecule has 0 spiro atoms. The number of likely N-dealkylation sites (tertiary alicyclic amines) is 1. The summed E-state index contributed by atoms with van der Waals surface area (Å²) < 4.78 is 2.09. The molecule has 1 aromatic heterocycles. The number of piperidine rings is 1. The highest BCUT2D eigenvalue weighted by Crippen LogP contribution is 2.27. The summed E-state index contributed by atoms with van der Waals surface area (Å²) in [6, 6.07) is 0. The Morgan fingerprint density at radius 1 is 1.37 bits per heavy atom. The molecule has 1 saturated heterocycles. The van der Waals surface area contributed by atoms with Crippen molar-refractivity contribution in [3.8, 4) is 0 Å². The zero-order valence-electron chi connectivity index (χ0n) is 11.9. The molecule has 0 aliphatic carbocycles. The van der Waals surface area contributed by atoms with E-state index in [-0.39, 0.29) is 6.23 Å². The number of imidazole rings is 1. The molecule has 3 heterocycles. The fraction of sp³-hybridized carbons (Fsp3) is 0.800. The van der Waals surface area contributed by atoms with Crippen molar-refractivity contribution in [2.75, 3.05) is 19.6 Å². The van der Waals surface area contributed by atoms with E-state index in [0.29, 0.717) is 5.92 Å². The van der Waals surface area contributed by atoms with E-state index in [1.165, 1.54) is 31.6 Å². The lowest BCUT2D eigenvalue weighted by Gasteiger charge is -2.32. The van der Waals surface area contributed by atoms with Crippen LogP contribution in [0.3, 0.4) is 0 Å². The number of aromatic nitrogens is 2. The molecular formula is C15H25N3O. The van der Waals surface area contributed by atoms with Gasteiger partial charge in [-0.05, 0) is 51.1 Å². The van der Waals surface area contributed by atoms with Crippen LogP contribution >= 0.6 is 0 Å².